The smallest absolute Gasteiger partial charge is 0.199 e. The van der Waals surface area contributed by atoms with Gasteiger partial charge < -0.3 is 5.32 Å². The lowest BCUT2D eigenvalue weighted by molar-refractivity contribution is 0.796. The molecule has 0 aliphatic rings. The van der Waals surface area contributed by atoms with Crippen molar-refractivity contribution in [3.8, 4) is 0 Å². The zero-order valence-electron chi connectivity index (χ0n) is 10.8. The first kappa shape index (κ1) is 11.6. The minimum absolute atomic E-state index is 0.150. The van der Waals surface area contributed by atoms with E-state index >= 15 is 0 Å². The highest BCUT2D eigenvalue weighted by atomic mass is 15.5. The highest BCUT2D eigenvalue weighted by Gasteiger charge is 2.09. The Bertz CT molecular complexity index is 688. The fourth-order valence-electron chi connectivity index (χ4n) is 1.93. The van der Waals surface area contributed by atoms with Gasteiger partial charge in [0.05, 0.1) is 12.4 Å². The molecule has 6 nitrogen and oxygen atoms in total. The van der Waals surface area contributed by atoms with Gasteiger partial charge in [-0.2, -0.15) is 4.52 Å². The summed E-state index contributed by atoms with van der Waals surface area (Å²) < 4.78 is 1.64. The number of fused-ring (bicyclic) bond motifs is 1. The van der Waals surface area contributed by atoms with E-state index in [1.54, 1.807) is 16.9 Å². The van der Waals surface area contributed by atoms with Gasteiger partial charge in [-0.05, 0) is 29.8 Å². The van der Waals surface area contributed by atoms with Crippen LogP contribution in [0.1, 0.15) is 24.1 Å². The predicted molar refractivity (Wildman–Crippen MR) is 71.8 cm³/mol. The Labute approximate surface area is 110 Å². The summed E-state index contributed by atoms with van der Waals surface area (Å²) in [6.07, 6.45) is 3.34. The van der Waals surface area contributed by atoms with E-state index in [0.29, 0.717) is 5.65 Å². The van der Waals surface area contributed by atoms with Crippen molar-refractivity contribution < 1.29 is 0 Å². The number of aromatic nitrogens is 5. The lowest BCUT2D eigenvalue weighted by atomic mass is 10.1. The van der Waals surface area contributed by atoms with E-state index in [9.17, 15) is 0 Å². The summed E-state index contributed by atoms with van der Waals surface area (Å²) in [5, 5.41) is 14.8. The lowest BCUT2D eigenvalue weighted by Crippen LogP contribution is -2.10. The maximum absolute atomic E-state index is 4.12. The number of tetrazole rings is 1. The molecule has 0 aliphatic carbocycles. The molecule has 19 heavy (non-hydrogen) atoms. The van der Waals surface area contributed by atoms with Crippen LogP contribution in [0.25, 0.3) is 5.65 Å². The molecular formula is C13H14N6. The molecule has 0 aliphatic heterocycles. The van der Waals surface area contributed by atoms with Gasteiger partial charge in [0, 0.05) is 6.04 Å². The zero-order chi connectivity index (χ0) is 13.2. The summed E-state index contributed by atoms with van der Waals surface area (Å²) in [4.78, 5) is 4.12. The van der Waals surface area contributed by atoms with Crippen molar-refractivity contribution in [2.24, 2.45) is 0 Å². The maximum atomic E-state index is 4.12. The number of hydrogen-bond donors (Lipinski definition) is 1. The average molecular weight is 254 g/mol. The van der Waals surface area contributed by atoms with Crippen LogP contribution in [0.15, 0.2) is 36.7 Å². The minimum Gasteiger partial charge on any atom is -0.362 e. The molecule has 0 fully saturated rings. The first-order valence-electron chi connectivity index (χ1n) is 6.09. The Morgan fingerprint density at radius 3 is 2.74 bits per heavy atom. The number of nitrogens with zero attached hydrogens (tertiary/aromatic N) is 5. The number of rotatable bonds is 3. The van der Waals surface area contributed by atoms with Crippen LogP contribution in [0, 0.1) is 6.92 Å². The first-order chi connectivity index (χ1) is 9.24. The molecule has 0 bridgehead atoms. The summed E-state index contributed by atoms with van der Waals surface area (Å²) in [5.41, 5.74) is 3.08. The quantitative estimate of drug-likeness (QED) is 0.774. The SMILES string of the molecule is Cc1ccc(C(C)Nc2cncc3nnnn23)cc1. The van der Waals surface area contributed by atoms with Crippen LogP contribution in [0.4, 0.5) is 5.82 Å². The molecular weight excluding hydrogens is 240 g/mol. The average Bonchev–Trinajstić information content (AvgIpc) is 2.89. The topological polar surface area (TPSA) is 68.0 Å². The van der Waals surface area contributed by atoms with Crippen LogP contribution in [-0.2, 0) is 0 Å². The van der Waals surface area contributed by atoms with Crippen LogP contribution < -0.4 is 5.32 Å². The molecule has 1 N–H and O–H groups in total. The number of aryl methyl sites for hydroxylation is 1. The largest absolute Gasteiger partial charge is 0.362 e. The molecule has 1 unspecified atom stereocenters. The zero-order valence-corrected chi connectivity index (χ0v) is 10.8. The van der Waals surface area contributed by atoms with Crippen molar-refractivity contribution in [3.63, 3.8) is 0 Å². The molecule has 96 valence electrons. The number of hydrogen-bond acceptors (Lipinski definition) is 5. The van der Waals surface area contributed by atoms with Gasteiger partial charge >= 0.3 is 0 Å². The molecule has 1 aromatic carbocycles. The highest BCUT2D eigenvalue weighted by Crippen LogP contribution is 2.18. The molecule has 0 amide bonds. The lowest BCUT2D eigenvalue weighted by Gasteiger charge is -2.15. The molecule has 0 spiro atoms. The molecule has 0 saturated heterocycles. The fraction of sp³-hybridized carbons (Fsp3) is 0.231. The van der Waals surface area contributed by atoms with Crippen molar-refractivity contribution in [1.29, 1.82) is 0 Å². The third-order valence-electron chi connectivity index (χ3n) is 3.05. The second kappa shape index (κ2) is 4.64. The van der Waals surface area contributed by atoms with Crippen LogP contribution in [0.3, 0.4) is 0 Å². The van der Waals surface area contributed by atoms with Crippen LogP contribution in [-0.4, -0.2) is 25.0 Å². The summed E-state index contributed by atoms with van der Waals surface area (Å²) in [5.74, 6) is 0.774. The van der Waals surface area contributed by atoms with Gasteiger partial charge in [0.1, 0.15) is 0 Å². The Morgan fingerprint density at radius 2 is 1.95 bits per heavy atom. The second-order valence-electron chi connectivity index (χ2n) is 4.52. The van der Waals surface area contributed by atoms with E-state index in [4.69, 9.17) is 0 Å². The fourth-order valence-corrected chi connectivity index (χ4v) is 1.93. The van der Waals surface area contributed by atoms with Gasteiger partial charge in [-0.1, -0.05) is 29.8 Å². The summed E-state index contributed by atoms with van der Waals surface area (Å²) in [7, 11) is 0. The number of benzene rings is 1. The monoisotopic (exact) mass is 254 g/mol. The molecule has 0 radical (unpaired) electrons. The summed E-state index contributed by atoms with van der Waals surface area (Å²) in [6.45, 7) is 4.17. The van der Waals surface area contributed by atoms with E-state index in [1.807, 2.05) is 0 Å². The molecule has 2 heterocycles. The Morgan fingerprint density at radius 1 is 1.16 bits per heavy atom. The van der Waals surface area contributed by atoms with E-state index in [1.165, 1.54) is 11.1 Å². The highest BCUT2D eigenvalue weighted by molar-refractivity contribution is 5.45. The summed E-state index contributed by atoms with van der Waals surface area (Å²) in [6, 6.07) is 8.57. The van der Waals surface area contributed by atoms with Crippen molar-refractivity contribution in [1.82, 2.24) is 25.0 Å². The third kappa shape index (κ3) is 2.24. The van der Waals surface area contributed by atoms with Crippen molar-refractivity contribution >= 4 is 11.5 Å². The third-order valence-corrected chi connectivity index (χ3v) is 3.05. The Balaban J connectivity index is 1.88. The molecule has 3 rings (SSSR count). The van der Waals surface area contributed by atoms with Crippen LogP contribution in [0.5, 0.6) is 0 Å². The molecule has 1 atom stereocenters. The van der Waals surface area contributed by atoms with Crippen LogP contribution >= 0.6 is 0 Å². The predicted octanol–water partition coefficient (Wildman–Crippen LogP) is 2.00. The summed E-state index contributed by atoms with van der Waals surface area (Å²) >= 11 is 0. The van der Waals surface area contributed by atoms with Crippen molar-refractivity contribution in [3.05, 3.63) is 47.8 Å². The second-order valence-corrected chi connectivity index (χ2v) is 4.52. The van der Waals surface area contributed by atoms with Gasteiger partial charge in [0.15, 0.2) is 11.5 Å². The standard InChI is InChI=1S/C13H14N6/c1-9-3-5-11(6-4-9)10(2)15-12-7-14-8-13-16-17-18-19(12)13/h3-8,10,15H,1-2H3. The first-order valence-corrected chi connectivity index (χ1v) is 6.09. The van der Waals surface area contributed by atoms with Gasteiger partial charge in [0.25, 0.3) is 0 Å². The molecule has 6 heteroatoms. The van der Waals surface area contributed by atoms with Gasteiger partial charge in [0.2, 0.25) is 0 Å². The van der Waals surface area contributed by atoms with E-state index in [-0.39, 0.29) is 6.04 Å². The number of anilines is 1. The molecule has 0 saturated carbocycles. The molecule has 2 aromatic heterocycles. The van der Waals surface area contributed by atoms with Crippen molar-refractivity contribution in [2.45, 2.75) is 19.9 Å². The van der Waals surface area contributed by atoms with E-state index in [2.05, 4.69) is 63.9 Å². The Kier molecular flexibility index (Phi) is 2.83. The number of nitrogens with one attached hydrogen (secondary N) is 1. The van der Waals surface area contributed by atoms with Gasteiger partial charge in [-0.3, -0.25) is 4.98 Å². The van der Waals surface area contributed by atoms with Gasteiger partial charge in [-0.15, -0.1) is 5.10 Å². The van der Waals surface area contributed by atoms with Gasteiger partial charge in [-0.25, -0.2) is 0 Å². The normalized spacial score (nSPS) is 12.5. The van der Waals surface area contributed by atoms with E-state index in [0.717, 1.165) is 5.82 Å². The minimum atomic E-state index is 0.150. The van der Waals surface area contributed by atoms with Crippen LogP contribution in [0.2, 0.25) is 0 Å². The maximum Gasteiger partial charge on any atom is 0.199 e. The Hall–Kier alpha value is -2.50. The van der Waals surface area contributed by atoms with E-state index < -0.39 is 0 Å². The van der Waals surface area contributed by atoms with Crippen molar-refractivity contribution in [2.75, 3.05) is 5.32 Å². The molecule has 3 aromatic rings.